The molecule has 1 amide bonds. The number of hydrogen-bond acceptors (Lipinski definition) is 5. The minimum atomic E-state index is -0.887. The van der Waals surface area contributed by atoms with E-state index in [0.29, 0.717) is 0 Å². The molecule has 19 heavy (non-hydrogen) atoms. The first-order valence-corrected chi connectivity index (χ1v) is 6.03. The number of ether oxygens (including phenoxy) is 1. The van der Waals surface area contributed by atoms with Crippen LogP contribution in [0.1, 0.15) is 20.3 Å². The Morgan fingerprint density at radius 1 is 1.53 bits per heavy atom. The highest BCUT2D eigenvalue weighted by Crippen LogP contribution is 2.22. The molecule has 1 fully saturated rings. The summed E-state index contributed by atoms with van der Waals surface area (Å²) in [6.45, 7) is 3.54. The summed E-state index contributed by atoms with van der Waals surface area (Å²) >= 11 is 0. The molecule has 0 spiro atoms. The summed E-state index contributed by atoms with van der Waals surface area (Å²) < 4.78 is 4.62. The van der Waals surface area contributed by atoms with Gasteiger partial charge in [-0.25, -0.2) is 4.79 Å². The molecular weight excluding hydrogens is 252 g/mol. The highest BCUT2D eigenvalue weighted by atomic mass is 16.5. The van der Waals surface area contributed by atoms with Crippen molar-refractivity contribution in [3.05, 3.63) is 10.4 Å². The monoisotopic (exact) mass is 270 g/mol. The van der Waals surface area contributed by atoms with Crippen molar-refractivity contribution in [2.24, 2.45) is 11.0 Å². The predicted molar refractivity (Wildman–Crippen MR) is 65.9 cm³/mol. The second-order valence-corrected chi connectivity index (χ2v) is 4.81. The van der Waals surface area contributed by atoms with Crippen molar-refractivity contribution >= 4 is 11.9 Å². The molecule has 0 saturated carbocycles. The number of azide groups is 1. The van der Waals surface area contributed by atoms with E-state index in [0.717, 1.165) is 0 Å². The lowest BCUT2D eigenvalue weighted by atomic mass is 10.0. The minimum absolute atomic E-state index is 0.0444. The molecule has 0 aromatic carbocycles. The number of carbonyl (C=O) groups excluding carboxylic acids is 2. The van der Waals surface area contributed by atoms with Crippen LogP contribution in [0.15, 0.2) is 5.11 Å². The van der Waals surface area contributed by atoms with Crippen molar-refractivity contribution in [1.82, 2.24) is 4.90 Å². The number of rotatable bonds is 4. The third-order valence-corrected chi connectivity index (χ3v) is 3.10. The zero-order valence-electron chi connectivity index (χ0n) is 11.2. The summed E-state index contributed by atoms with van der Waals surface area (Å²) in [4.78, 5) is 27.8. The Kier molecular flexibility index (Phi) is 5.14. The normalized spacial score (nSPS) is 23.9. The molecule has 1 N–H and O–H groups in total. The zero-order chi connectivity index (χ0) is 14.6. The van der Waals surface area contributed by atoms with E-state index in [9.17, 15) is 14.7 Å². The Hall–Kier alpha value is -1.79. The summed E-state index contributed by atoms with van der Waals surface area (Å²) in [7, 11) is 1.23. The van der Waals surface area contributed by atoms with Crippen molar-refractivity contribution in [3.63, 3.8) is 0 Å². The molecule has 1 rings (SSSR count). The summed E-state index contributed by atoms with van der Waals surface area (Å²) in [5.74, 6) is -1.23. The Balaban J connectivity index is 2.95. The molecule has 1 saturated heterocycles. The maximum absolute atomic E-state index is 12.3. The van der Waals surface area contributed by atoms with Gasteiger partial charge in [0, 0.05) is 17.9 Å². The Morgan fingerprint density at radius 3 is 2.63 bits per heavy atom. The Morgan fingerprint density at radius 2 is 2.16 bits per heavy atom. The number of hydrogen-bond donors (Lipinski definition) is 1. The van der Waals surface area contributed by atoms with Gasteiger partial charge >= 0.3 is 5.97 Å². The number of β-amino-alcohol motifs (C(OH)–C–C–N with tert-alkyl or cyclic N) is 1. The van der Waals surface area contributed by atoms with Gasteiger partial charge in [-0.1, -0.05) is 19.0 Å². The van der Waals surface area contributed by atoms with E-state index in [-0.39, 0.29) is 18.9 Å². The van der Waals surface area contributed by atoms with Crippen LogP contribution < -0.4 is 0 Å². The van der Waals surface area contributed by atoms with Gasteiger partial charge in [-0.15, -0.1) is 0 Å². The fourth-order valence-corrected chi connectivity index (χ4v) is 2.11. The number of esters is 1. The van der Waals surface area contributed by atoms with Crippen LogP contribution in [-0.2, 0) is 14.3 Å². The zero-order valence-corrected chi connectivity index (χ0v) is 11.2. The lowest BCUT2D eigenvalue weighted by molar-refractivity contribution is -0.151. The van der Waals surface area contributed by atoms with Crippen molar-refractivity contribution in [2.75, 3.05) is 13.7 Å². The number of carbonyl (C=O) groups is 2. The quantitative estimate of drug-likeness (QED) is 0.345. The number of methoxy groups -OCH3 is 1. The van der Waals surface area contributed by atoms with Crippen LogP contribution in [0.3, 0.4) is 0 Å². The maximum atomic E-state index is 12.3. The highest BCUT2D eigenvalue weighted by Gasteiger charge is 2.42. The topological polar surface area (TPSA) is 116 Å². The number of aliphatic hydroxyl groups excluding tert-OH is 1. The molecule has 0 aromatic heterocycles. The van der Waals surface area contributed by atoms with E-state index in [2.05, 4.69) is 14.8 Å². The first-order valence-electron chi connectivity index (χ1n) is 6.03. The van der Waals surface area contributed by atoms with Gasteiger partial charge in [0.2, 0.25) is 5.91 Å². The summed E-state index contributed by atoms with van der Waals surface area (Å²) in [6, 6.07) is -1.70. The smallest absolute Gasteiger partial charge is 0.328 e. The Bertz CT molecular complexity index is 405. The number of amides is 1. The van der Waals surface area contributed by atoms with Gasteiger partial charge in [0.1, 0.15) is 12.1 Å². The van der Waals surface area contributed by atoms with Gasteiger partial charge < -0.3 is 14.7 Å². The number of aliphatic hydroxyl groups is 1. The molecule has 1 heterocycles. The van der Waals surface area contributed by atoms with Crippen molar-refractivity contribution < 1.29 is 19.4 Å². The van der Waals surface area contributed by atoms with Gasteiger partial charge in [0.25, 0.3) is 0 Å². The SMILES string of the molecule is COC(=O)[C@@H]1C[C@@H](O)CN1C(=O)C(N=[N+]=[N-])C(C)C. The third-order valence-electron chi connectivity index (χ3n) is 3.10. The molecule has 106 valence electrons. The molecule has 0 bridgehead atoms. The predicted octanol–water partition coefficient (Wildman–Crippen LogP) is 0.456. The van der Waals surface area contributed by atoms with Crippen LogP contribution in [0.2, 0.25) is 0 Å². The van der Waals surface area contributed by atoms with E-state index in [1.807, 2.05) is 0 Å². The third kappa shape index (κ3) is 3.36. The van der Waals surface area contributed by atoms with Crippen LogP contribution in [0.5, 0.6) is 0 Å². The van der Waals surface area contributed by atoms with E-state index >= 15 is 0 Å². The number of nitrogens with zero attached hydrogens (tertiary/aromatic N) is 4. The van der Waals surface area contributed by atoms with Crippen LogP contribution in [-0.4, -0.2) is 53.7 Å². The van der Waals surface area contributed by atoms with Crippen LogP contribution in [0, 0.1) is 5.92 Å². The standard InChI is InChI=1S/C11H18N4O4/c1-6(2)9(13-14-12)10(17)15-5-7(16)4-8(15)11(18)19-3/h6-9,16H,4-5H2,1-3H3/t7-,8+,9?/m1/s1. The van der Waals surface area contributed by atoms with Gasteiger partial charge in [-0.2, -0.15) is 0 Å². The molecular formula is C11H18N4O4. The van der Waals surface area contributed by atoms with Crippen molar-refractivity contribution in [1.29, 1.82) is 0 Å². The average Bonchev–Trinajstić information content (AvgIpc) is 2.76. The number of likely N-dealkylation sites (tertiary alicyclic amines) is 1. The van der Waals surface area contributed by atoms with Gasteiger partial charge in [0.05, 0.1) is 13.2 Å². The fraction of sp³-hybridized carbons (Fsp3) is 0.818. The van der Waals surface area contributed by atoms with E-state index in [1.165, 1.54) is 12.0 Å². The van der Waals surface area contributed by atoms with E-state index in [4.69, 9.17) is 5.53 Å². The molecule has 1 unspecified atom stereocenters. The Labute approximate surface area is 111 Å². The summed E-state index contributed by atoms with van der Waals surface area (Å²) in [6.07, 6.45) is -0.633. The van der Waals surface area contributed by atoms with Crippen molar-refractivity contribution in [2.45, 2.75) is 38.5 Å². The van der Waals surface area contributed by atoms with Crippen LogP contribution >= 0.6 is 0 Å². The highest BCUT2D eigenvalue weighted by molar-refractivity contribution is 5.88. The molecule has 0 aliphatic carbocycles. The second kappa shape index (κ2) is 6.40. The largest absolute Gasteiger partial charge is 0.467 e. The van der Waals surface area contributed by atoms with E-state index < -0.39 is 30.1 Å². The minimum Gasteiger partial charge on any atom is -0.467 e. The maximum Gasteiger partial charge on any atom is 0.328 e. The first-order chi connectivity index (χ1) is 8.92. The van der Waals surface area contributed by atoms with Crippen LogP contribution in [0.25, 0.3) is 10.4 Å². The van der Waals surface area contributed by atoms with Gasteiger partial charge in [0.15, 0.2) is 0 Å². The second-order valence-electron chi connectivity index (χ2n) is 4.81. The molecule has 1 aliphatic rings. The molecule has 8 heteroatoms. The lowest BCUT2D eigenvalue weighted by Crippen LogP contribution is -2.46. The van der Waals surface area contributed by atoms with E-state index in [1.54, 1.807) is 13.8 Å². The summed E-state index contributed by atoms with van der Waals surface area (Å²) in [5, 5.41) is 13.1. The fourth-order valence-electron chi connectivity index (χ4n) is 2.11. The van der Waals surface area contributed by atoms with Crippen molar-refractivity contribution in [3.8, 4) is 0 Å². The average molecular weight is 270 g/mol. The van der Waals surface area contributed by atoms with Gasteiger partial charge in [-0.05, 0) is 11.4 Å². The van der Waals surface area contributed by atoms with Crippen LogP contribution in [0.4, 0.5) is 0 Å². The first kappa shape index (κ1) is 15.3. The van der Waals surface area contributed by atoms with Gasteiger partial charge in [-0.3, -0.25) is 4.79 Å². The lowest BCUT2D eigenvalue weighted by Gasteiger charge is -2.26. The summed E-state index contributed by atoms with van der Waals surface area (Å²) in [5.41, 5.74) is 8.50. The molecule has 1 aliphatic heterocycles. The molecule has 0 radical (unpaired) electrons. The molecule has 0 aromatic rings. The molecule has 3 atom stereocenters. The molecule has 8 nitrogen and oxygen atoms in total.